The number of hydrogen-bond donors (Lipinski definition) is 4. The van der Waals surface area contributed by atoms with E-state index in [9.17, 15) is 14.7 Å². The summed E-state index contributed by atoms with van der Waals surface area (Å²) in [6.45, 7) is 0. The number of H-pyrrole nitrogens is 2. The maximum absolute atomic E-state index is 11.1. The lowest BCUT2D eigenvalue weighted by atomic mass is 10.0. The summed E-state index contributed by atoms with van der Waals surface area (Å²) in [5.74, 6) is -0.868. The highest BCUT2D eigenvalue weighted by molar-refractivity contribution is 5.75. The first kappa shape index (κ1) is 12.4. The molecule has 0 amide bonds. The van der Waals surface area contributed by atoms with Gasteiger partial charge in [-0.25, -0.2) is 4.79 Å². The number of aromatic nitrogens is 2. The Hall–Kier alpha value is -2.08. The Kier molecular flexibility index (Phi) is 3.47. The van der Waals surface area contributed by atoms with Crippen molar-refractivity contribution in [1.82, 2.24) is 9.97 Å². The van der Waals surface area contributed by atoms with Gasteiger partial charge in [0, 0.05) is 6.42 Å². The predicted octanol–water partition coefficient (Wildman–Crippen LogP) is 1.14. The minimum absolute atomic E-state index is 0.0420. The summed E-state index contributed by atoms with van der Waals surface area (Å²) in [7, 11) is 0. The second-order valence-electron chi connectivity index (χ2n) is 4.19. The third kappa shape index (κ3) is 2.78. The van der Waals surface area contributed by atoms with E-state index in [1.165, 1.54) is 0 Å². The minimum Gasteiger partial charge on any atom is -0.481 e. The molecule has 2 aromatic rings. The van der Waals surface area contributed by atoms with Crippen LogP contribution in [0.4, 0.5) is 0 Å². The van der Waals surface area contributed by atoms with Crippen molar-refractivity contribution in [2.75, 3.05) is 0 Å². The lowest BCUT2D eigenvalue weighted by Crippen LogP contribution is -2.00. The molecule has 1 heterocycles. The van der Waals surface area contributed by atoms with Crippen molar-refractivity contribution in [3.05, 3.63) is 34.2 Å². The highest BCUT2D eigenvalue weighted by Gasteiger charge is 2.10. The van der Waals surface area contributed by atoms with Crippen LogP contribution in [0.3, 0.4) is 0 Å². The predicted molar refractivity (Wildman–Crippen MR) is 65.4 cm³/mol. The maximum Gasteiger partial charge on any atom is 0.323 e. The van der Waals surface area contributed by atoms with Crippen LogP contribution in [0.25, 0.3) is 11.0 Å². The van der Waals surface area contributed by atoms with Gasteiger partial charge >= 0.3 is 11.7 Å². The van der Waals surface area contributed by atoms with Crippen LogP contribution in [-0.4, -0.2) is 26.2 Å². The molecule has 0 aliphatic carbocycles. The Balaban J connectivity index is 2.09. The van der Waals surface area contributed by atoms with Crippen LogP contribution in [0.5, 0.6) is 0 Å². The molecular weight excluding hydrogens is 236 g/mol. The Labute approximate surface area is 102 Å². The van der Waals surface area contributed by atoms with Crippen LogP contribution in [0.15, 0.2) is 23.0 Å². The van der Waals surface area contributed by atoms with Crippen LogP contribution in [0, 0.1) is 0 Å². The number of hydrogen-bond acceptors (Lipinski definition) is 3. The van der Waals surface area contributed by atoms with Crippen molar-refractivity contribution in [1.29, 1.82) is 0 Å². The number of benzene rings is 1. The topological polar surface area (TPSA) is 106 Å². The number of aliphatic carboxylic acids is 1. The average Bonchev–Trinajstić information content (AvgIpc) is 2.67. The zero-order chi connectivity index (χ0) is 13.1. The van der Waals surface area contributed by atoms with E-state index in [0.717, 1.165) is 0 Å². The van der Waals surface area contributed by atoms with E-state index < -0.39 is 12.1 Å². The minimum atomic E-state index is -0.868. The zero-order valence-electron chi connectivity index (χ0n) is 9.64. The molecule has 0 aliphatic rings. The van der Waals surface area contributed by atoms with E-state index in [-0.39, 0.29) is 12.1 Å². The molecule has 0 saturated heterocycles. The van der Waals surface area contributed by atoms with Crippen molar-refractivity contribution in [2.45, 2.75) is 25.4 Å². The molecule has 2 rings (SSSR count). The molecule has 1 aromatic carbocycles. The van der Waals surface area contributed by atoms with Gasteiger partial charge < -0.3 is 20.2 Å². The van der Waals surface area contributed by atoms with Gasteiger partial charge in [0.25, 0.3) is 0 Å². The van der Waals surface area contributed by atoms with Crippen molar-refractivity contribution < 1.29 is 15.0 Å². The molecule has 1 aromatic heterocycles. The summed E-state index contributed by atoms with van der Waals surface area (Å²) in [6, 6.07) is 5.12. The number of aliphatic hydroxyl groups excluding tert-OH is 1. The highest BCUT2D eigenvalue weighted by atomic mass is 16.4. The molecule has 0 spiro atoms. The number of aromatic amines is 2. The van der Waals surface area contributed by atoms with Gasteiger partial charge in [0.05, 0.1) is 17.1 Å². The second kappa shape index (κ2) is 5.05. The van der Waals surface area contributed by atoms with E-state index >= 15 is 0 Å². The number of carboxylic acids is 1. The van der Waals surface area contributed by atoms with E-state index in [1.807, 2.05) is 0 Å². The Bertz CT molecular complexity index is 614. The molecule has 1 unspecified atom stereocenters. The van der Waals surface area contributed by atoms with Crippen LogP contribution >= 0.6 is 0 Å². The van der Waals surface area contributed by atoms with Crippen molar-refractivity contribution in [3.8, 4) is 0 Å². The van der Waals surface area contributed by atoms with Crippen LogP contribution in [0.1, 0.15) is 30.9 Å². The first-order chi connectivity index (χ1) is 8.56. The van der Waals surface area contributed by atoms with Gasteiger partial charge in [0.15, 0.2) is 0 Å². The van der Waals surface area contributed by atoms with E-state index in [2.05, 4.69) is 9.97 Å². The summed E-state index contributed by atoms with van der Waals surface area (Å²) in [6.07, 6.45) is 0.123. The first-order valence-corrected chi connectivity index (χ1v) is 5.68. The molecule has 0 aliphatic heterocycles. The lowest BCUT2D eigenvalue weighted by molar-refractivity contribution is -0.137. The molecule has 6 heteroatoms. The molecule has 6 nitrogen and oxygen atoms in total. The number of imidazole rings is 1. The largest absolute Gasteiger partial charge is 0.481 e. The second-order valence-corrected chi connectivity index (χ2v) is 4.19. The fourth-order valence-electron chi connectivity index (χ4n) is 1.87. The smallest absolute Gasteiger partial charge is 0.323 e. The third-order valence-electron chi connectivity index (χ3n) is 2.79. The summed E-state index contributed by atoms with van der Waals surface area (Å²) in [5.41, 5.74) is 1.70. The lowest BCUT2D eigenvalue weighted by Gasteiger charge is -2.09. The fourth-order valence-corrected chi connectivity index (χ4v) is 1.87. The zero-order valence-corrected chi connectivity index (χ0v) is 9.64. The van der Waals surface area contributed by atoms with Gasteiger partial charge in [-0.1, -0.05) is 6.07 Å². The van der Waals surface area contributed by atoms with E-state index in [4.69, 9.17) is 5.11 Å². The Morgan fingerprint density at radius 1 is 1.28 bits per heavy atom. The van der Waals surface area contributed by atoms with E-state index in [0.29, 0.717) is 29.4 Å². The molecule has 0 fully saturated rings. The van der Waals surface area contributed by atoms with Gasteiger partial charge in [-0.15, -0.1) is 0 Å². The number of fused-ring (bicyclic) bond motifs is 1. The van der Waals surface area contributed by atoms with Gasteiger partial charge in [-0.05, 0) is 30.5 Å². The summed E-state index contributed by atoms with van der Waals surface area (Å²) < 4.78 is 0. The fraction of sp³-hybridized carbons (Fsp3) is 0.333. The molecule has 1 atom stereocenters. The number of carbonyl (C=O) groups is 1. The standard InChI is InChI=1S/C12H14N2O4/c15-10(2-1-3-11(16)17)7-4-5-8-9(6-7)14-12(18)13-8/h4-6,10,15H,1-3H2,(H,16,17)(H2,13,14,18). The third-order valence-corrected chi connectivity index (χ3v) is 2.79. The number of carboxylic acid groups (broad SMARTS) is 1. The van der Waals surface area contributed by atoms with Gasteiger partial charge in [0.1, 0.15) is 0 Å². The normalized spacial score (nSPS) is 12.7. The number of aliphatic hydroxyl groups is 1. The molecule has 0 radical (unpaired) electrons. The Morgan fingerprint density at radius 2 is 2.00 bits per heavy atom. The molecule has 0 bridgehead atoms. The number of rotatable bonds is 5. The van der Waals surface area contributed by atoms with E-state index in [1.54, 1.807) is 18.2 Å². The first-order valence-electron chi connectivity index (χ1n) is 5.68. The highest BCUT2D eigenvalue weighted by Crippen LogP contribution is 2.21. The monoisotopic (exact) mass is 250 g/mol. The van der Waals surface area contributed by atoms with Crippen molar-refractivity contribution in [2.24, 2.45) is 0 Å². The van der Waals surface area contributed by atoms with Crippen LogP contribution < -0.4 is 5.69 Å². The van der Waals surface area contributed by atoms with Crippen LogP contribution in [-0.2, 0) is 4.79 Å². The summed E-state index contributed by atoms with van der Waals surface area (Å²) in [4.78, 5) is 26.7. The van der Waals surface area contributed by atoms with Gasteiger partial charge in [-0.3, -0.25) is 4.79 Å². The molecule has 4 N–H and O–H groups in total. The molecule has 0 saturated carbocycles. The van der Waals surface area contributed by atoms with Crippen LogP contribution in [0.2, 0.25) is 0 Å². The average molecular weight is 250 g/mol. The Morgan fingerprint density at radius 3 is 2.72 bits per heavy atom. The van der Waals surface area contributed by atoms with Crippen molar-refractivity contribution >= 4 is 17.0 Å². The van der Waals surface area contributed by atoms with Crippen molar-refractivity contribution in [3.63, 3.8) is 0 Å². The molecular formula is C12H14N2O4. The molecule has 18 heavy (non-hydrogen) atoms. The number of nitrogens with one attached hydrogen (secondary N) is 2. The quantitative estimate of drug-likeness (QED) is 0.638. The molecule has 96 valence electrons. The SMILES string of the molecule is O=C(O)CCCC(O)c1ccc2[nH]c(=O)[nH]c2c1. The summed E-state index contributed by atoms with van der Waals surface area (Å²) in [5, 5.41) is 18.4. The summed E-state index contributed by atoms with van der Waals surface area (Å²) >= 11 is 0. The maximum atomic E-state index is 11.1. The van der Waals surface area contributed by atoms with Gasteiger partial charge in [-0.2, -0.15) is 0 Å². The van der Waals surface area contributed by atoms with Gasteiger partial charge in [0.2, 0.25) is 0 Å².